The number of rotatable bonds is 2. The largest absolute Gasteiger partial charge is 0.475 e. The molecule has 3 heterocycles. The molecule has 17 heavy (non-hydrogen) atoms. The van der Waals surface area contributed by atoms with Crippen molar-refractivity contribution in [3.63, 3.8) is 0 Å². The van der Waals surface area contributed by atoms with Crippen LogP contribution in [0.25, 0.3) is 0 Å². The van der Waals surface area contributed by atoms with E-state index in [0.29, 0.717) is 12.2 Å². The number of aromatic carboxylic acids is 1. The molecule has 2 aromatic heterocycles. The zero-order chi connectivity index (χ0) is 11.8. The number of hydrogen-bond acceptors (Lipinski definition) is 5. The Hall–Kier alpha value is -1.95. The maximum absolute atomic E-state index is 10.8. The molecule has 1 aliphatic heterocycles. The predicted octanol–water partition coefficient (Wildman–Crippen LogP) is 2.58. The van der Waals surface area contributed by atoms with Crippen molar-refractivity contribution in [1.29, 1.82) is 0 Å². The van der Waals surface area contributed by atoms with E-state index in [0.717, 1.165) is 4.88 Å². The van der Waals surface area contributed by atoms with Crippen molar-refractivity contribution in [2.45, 2.75) is 6.10 Å². The van der Waals surface area contributed by atoms with Crippen molar-refractivity contribution in [1.82, 2.24) is 0 Å². The highest BCUT2D eigenvalue weighted by Crippen LogP contribution is 2.37. The number of ether oxygens (including phenoxy) is 1. The lowest BCUT2D eigenvalue weighted by atomic mass is 10.2. The van der Waals surface area contributed by atoms with Gasteiger partial charge in [-0.15, -0.1) is 11.3 Å². The molecule has 0 saturated heterocycles. The van der Waals surface area contributed by atoms with Crippen LogP contribution in [0.15, 0.2) is 28.0 Å². The standard InChI is InChI=1S/C11H9NO4S/c13-10(14)7-4-6-11(15-7)16-8(5-12-6)9-2-1-3-17-9/h1-4,8,12H,5H2,(H,13,14). The van der Waals surface area contributed by atoms with Gasteiger partial charge in [0.05, 0.1) is 6.54 Å². The number of carbonyl (C=O) groups is 1. The summed E-state index contributed by atoms with van der Waals surface area (Å²) in [5.74, 6) is -0.973. The molecule has 1 unspecified atom stereocenters. The first-order chi connectivity index (χ1) is 8.24. The summed E-state index contributed by atoms with van der Waals surface area (Å²) >= 11 is 1.59. The lowest BCUT2D eigenvalue weighted by Gasteiger charge is -2.22. The van der Waals surface area contributed by atoms with Crippen LogP contribution < -0.4 is 10.1 Å². The number of carboxylic acids is 1. The third kappa shape index (κ3) is 1.76. The Morgan fingerprint density at radius 3 is 3.18 bits per heavy atom. The second kappa shape index (κ2) is 3.81. The average Bonchev–Trinajstić information content (AvgIpc) is 2.97. The highest BCUT2D eigenvalue weighted by Gasteiger charge is 2.26. The molecule has 0 radical (unpaired) electrons. The van der Waals surface area contributed by atoms with E-state index >= 15 is 0 Å². The summed E-state index contributed by atoms with van der Waals surface area (Å²) < 4.78 is 10.7. The van der Waals surface area contributed by atoms with Gasteiger partial charge in [0.2, 0.25) is 5.76 Å². The van der Waals surface area contributed by atoms with E-state index in [-0.39, 0.29) is 17.8 Å². The van der Waals surface area contributed by atoms with Gasteiger partial charge in [-0.3, -0.25) is 0 Å². The van der Waals surface area contributed by atoms with Gasteiger partial charge < -0.3 is 19.6 Å². The highest BCUT2D eigenvalue weighted by atomic mass is 32.1. The minimum atomic E-state index is -1.10. The highest BCUT2D eigenvalue weighted by molar-refractivity contribution is 7.10. The fraction of sp³-hybridized carbons (Fsp3) is 0.182. The maximum atomic E-state index is 10.8. The summed E-state index contributed by atoms with van der Waals surface area (Å²) in [6, 6.07) is 5.36. The minimum absolute atomic E-state index is 0.116. The molecule has 6 heteroatoms. The Morgan fingerprint density at radius 1 is 1.59 bits per heavy atom. The summed E-state index contributed by atoms with van der Waals surface area (Å²) in [6.07, 6.45) is -0.129. The molecule has 0 amide bonds. The van der Waals surface area contributed by atoms with Gasteiger partial charge in [-0.25, -0.2) is 4.79 Å². The summed E-state index contributed by atoms with van der Waals surface area (Å²) in [7, 11) is 0. The van der Waals surface area contributed by atoms with Crippen molar-refractivity contribution in [3.8, 4) is 5.95 Å². The Kier molecular flexibility index (Phi) is 2.29. The second-order valence-corrected chi connectivity index (χ2v) is 4.60. The van der Waals surface area contributed by atoms with Crippen LogP contribution in [0.3, 0.4) is 0 Å². The molecule has 0 spiro atoms. The van der Waals surface area contributed by atoms with E-state index < -0.39 is 5.97 Å². The number of thiophene rings is 1. The number of hydrogen-bond donors (Lipinski definition) is 2. The van der Waals surface area contributed by atoms with Crippen LogP contribution in [0.2, 0.25) is 0 Å². The summed E-state index contributed by atoms with van der Waals surface area (Å²) in [6.45, 7) is 0.603. The van der Waals surface area contributed by atoms with E-state index in [1.54, 1.807) is 11.3 Å². The van der Waals surface area contributed by atoms with E-state index in [1.807, 2.05) is 17.5 Å². The van der Waals surface area contributed by atoms with Crippen molar-refractivity contribution in [3.05, 3.63) is 34.2 Å². The van der Waals surface area contributed by atoms with Gasteiger partial charge >= 0.3 is 11.9 Å². The van der Waals surface area contributed by atoms with Crippen molar-refractivity contribution in [2.75, 3.05) is 11.9 Å². The smallest absolute Gasteiger partial charge is 0.372 e. The summed E-state index contributed by atoms with van der Waals surface area (Å²) in [4.78, 5) is 11.8. The van der Waals surface area contributed by atoms with Gasteiger partial charge in [-0.2, -0.15) is 0 Å². The second-order valence-electron chi connectivity index (χ2n) is 3.62. The van der Waals surface area contributed by atoms with Gasteiger partial charge in [-0.1, -0.05) is 6.07 Å². The fourth-order valence-corrected chi connectivity index (χ4v) is 2.45. The van der Waals surface area contributed by atoms with Crippen LogP contribution in [0, 0.1) is 0 Å². The first kappa shape index (κ1) is 10.2. The molecular formula is C11H9NO4S. The number of nitrogens with one attached hydrogen (secondary N) is 1. The third-order valence-electron chi connectivity index (χ3n) is 2.50. The number of carboxylic acid groups (broad SMARTS) is 1. The molecule has 0 bridgehead atoms. The van der Waals surface area contributed by atoms with Crippen molar-refractivity contribution >= 4 is 23.0 Å². The van der Waals surface area contributed by atoms with Gasteiger partial charge in [0.1, 0.15) is 5.69 Å². The number of anilines is 1. The SMILES string of the molecule is O=C(O)c1cc2c(o1)OC(c1cccs1)CN2. The van der Waals surface area contributed by atoms with E-state index in [9.17, 15) is 4.79 Å². The Morgan fingerprint density at radius 2 is 2.47 bits per heavy atom. The molecule has 88 valence electrons. The molecule has 0 aliphatic carbocycles. The van der Waals surface area contributed by atoms with Crippen LogP contribution in [-0.2, 0) is 0 Å². The first-order valence-corrected chi connectivity index (χ1v) is 5.93. The normalized spacial score (nSPS) is 18.0. The maximum Gasteiger partial charge on any atom is 0.372 e. The Balaban J connectivity index is 1.88. The third-order valence-corrected chi connectivity index (χ3v) is 3.46. The van der Waals surface area contributed by atoms with Gasteiger partial charge in [0, 0.05) is 10.9 Å². The molecule has 0 aromatic carbocycles. The Labute approximate surface area is 101 Å². The molecule has 3 rings (SSSR count). The van der Waals surface area contributed by atoms with E-state index in [1.165, 1.54) is 6.07 Å². The lowest BCUT2D eigenvalue weighted by Crippen LogP contribution is -2.21. The molecule has 2 aromatic rings. The molecular weight excluding hydrogens is 242 g/mol. The molecule has 1 aliphatic rings. The summed E-state index contributed by atoms with van der Waals surface area (Å²) in [5.41, 5.74) is 0.593. The topological polar surface area (TPSA) is 71.7 Å². The van der Waals surface area contributed by atoms with Crippen molar-refractivity contribution < 1.29 is 19.1 Å². The van der Waals surface area contributed by atoms with Crippen LogP contribution in [-0.4, -0.2) is 17.6 Å². The zero-order valence-corrected chi connectivity index (χ0v) is 9.49. The molecule has 2 N–H and O–H groups in total. The number of fused-ring (bicyclic) bond motifs is 1. The van der Waals surface area contributed by atoms with Gasteiger partial charge in [0.25, 0.3) is 0 Å². The van der Waals surface area contributed by atoms with E-state index in [4.69, 9.17) is 14.3 Å². The van der Waals surface area contributed by atoms with Crippen LogP contribution >= 0.6 is 11.3 Å². The molecule has 1 atom stereocenters. The predicted molar refractivity (Wildman–Crippen MR) is 61.8 cm³/mol. The Bertz CT molecular complexity index is 546. The molecule has 0 saturated carbocycles. The van der Waals surface area contributed by atoms with Crippen LogP contribution in [0.5, 0.6) is 5.95 Å². The van der Waals surface area contributed by atoms with Crippen molar-refractivity contribution in [2.24, 2.45) is 0 Å². The first-order valence-electron chi connectivity index (χ1n) is 5.05. The number of furan rings is 1. The quantitative estimate of drug-likeness (QED) is 0.858. The van der Waals surface area contributed by atoms with E-state index in [2.05, 4.69) is 5.32 Å². The minimum Gasteiger partial charge on any atom is -0.475 e. The molecule has 0 fully saturated rings. The van der Waals surface area contributed by atoms with Crippen LogP contribution in [0.1, 0.15) is 21.5 Å². The summed E-state index contributed by atoms with van der Waals surface area (Å²) in [5, 5.41) is 13.9. The fourth-order valence-electron chi connectivity index (χ4n) is 1.70. The molecule has 5 nitrogen and oxygen atoms in total. The van der Waals surface area contributed by atoms with Gasteiger partial charge in [0.15, 0.2) is 6.10 Å². The zero-order valence-electron chi connectivity index (χ0n) is 8.67. The van der Waals surface area contributed by atoms with Crippen LogP contribution in [0.4, 0.5) is 5.69 Å². The average molecular weight is 251 g/mol. The monoisotopic (exact) mass is 251 g/mol. The lowest BCUT2D eigenvalue weighted by molar-refractivity contribution is 0.0646. The van der Waals surface area contributed by atoms with Gasteiger partial charge in [-0.05, 0) is 11.4 Å².